The monoisotopic (exact) mass is 415 g/mol. The van der Waals surface area contributed by atoms with Gasteiger partial charge in [-0.1, -0.05) is 30.4 Å². The number of aryl methyl sites for hydroxylation is 3. The summed E-state index contributed by atoms with van der Waals surface area (Å²) in [5, 5.41) is 9.93. The van der Waals surface area contributed by atoms with Gasteiger partial charge in [0.25, 0.3) is 0 Å². The first kappa shape index (κ1) is 21.4. The second kappa shape index (κ2) is 8.37. The molecular weight excluding hydrogens is 380 g/mol. The maximum Gasteiger partial charge on any atom is 0.213 e. The van der Waals surface area contributed by atoms with E-state index in [1.807, 2.05) is 6.92 Å². The second-order valence-corrected chi connectivity index (χ2v) is 9.25. The van der Waals surface area contributed by atoms with Gasteiger partial charge in [-0.15, -0.1) is 0 Å². The number of fused-ring (bicyclic) bond motifs is 6. The van der Waals surface area contributed by atoms with Crippen molar-refractivity contribution in [1.29, 1.82) is 0 Å². The van der Waals surface area contributed by atoms with Crippen molar-refractivity contribution < 1.29 is 9.67 Å². The number of benzene rings is 1. The predicted octanol–water partition coefficient (Wildman–Crippen LogP) is 6.57. The first-order valence-electron chi connectivity index (χ1n) is 11.4. The van der Waals surface area contributed by atoms with Crippen LogP contribution in [0.4, 0.5) is 0 Å². The summed E-state index contributed by atoms with van der Waals surface area (Å²) in [5.74, 6) is 0.423. The molecule has 4 rings (SSSR count). The lowest BCUT2D eigenvalue weighted by Gasteiger charge is -2.35. The Bertz CT molecular complexity index is 1090. The fourth-order valence-electron chi connectivity index (χ4n) is 5.39. The third-order valence-electron chi connectivity index (χ3n) is 7.29. The number of aliphatic hydroxyl groups excluding tert-OH is 1. The second-order valence-electron chi connectivity index (χ2n) is 9.25. The van der Waals surface area contributed by atoms with Crippen LogP contribution in [0.15, 0.2) is 66.3 Å². The Kier molecular flexibility index (Phi) is 5.79. The fourth-order valence-corrected chi connectivity index (χ4v) is 5.39. The van der Waals surface area contributed by atoms with Crippen LogP contribution in [0.5, 0.6) is 0 Å². The average Bonchev–Trinajstić information content (AvgIpc) is 2.75. The molecule has 2 aliphatic heterocycles. The van der Waals surface area contributed by atoms with Crippen LogP contribution in [0.2, 0.25) is 0 Å². The summed E-state index contributed by atoms with van der Waals surface area (Å²) < 4.78 is 2.52. The summed E-state index contributed by atoms with van der Waals surface area (Å²) in [4.78, 5) is 2.16. The Labute approximate surface area is 187 Å². The highest BCUT2D eigenvalue weighted by Gasteiger charge is 2.41. The van der Waals surface area contributed by atoms with E-state index in [1.165, 1.54) is 39.8 Å². The van der Waals surface area contributed by atoms with Gasteiger partial charge in [0.2, 0.25) is 5.69 Å². The molecule has 0 aliphatic carbocycles. The van der Waals surface area contributed by atoms with E-state index in [0.717, 1.165) is 42.7 Å². The Hall–Kier alpha value is -2.81. The van der Waals surface area contributed by atoms with E-state index in [4.69, 9.17) is 0 Å². The van der Waals surface area contributed by atoms with Crippen molar-refractivity contribution in [3.8, 4) is 11.3 Å². The topological polar surface area (TPSA) is 27.3 Å². The standard InChI is InChI=1S/C28H34N2O/c1-7-26-22(17-31)9-8-10-23-25-13-18(2)11-12-24(25)27-14-19(3)20(4)16-30(27)28(23)15-21(5)29(26)6/h7,11-14,16-17,23,28H,5,8-10,15H2,1-4,6H3/p+1/b22-17-,26-7-. The minimum atomic E-state index is 0.330. The lowest BCUT2D eigenvalue weighted by atomic mass is 9.77. The van der Waals surface area contributed by atoms with Crippen molar-refractivity contribution in [2.24, 2.45) is 0 Å². The van der Waals surface area contributed by atoms with E-state index in [2.05, 4.69) is 80.4 Å². The van der Waals surface area contributed by atoms with Crippen LogP contribution in [-0.4, -0.2) is 17.1 Å². The molecule has 0 radical (unpaired) electrons. The van der Waals surface area contributed by atoms with E-state index in [1.54, 1.807) is 0 Å². The first-order valence-corrected chi connectivity index (χ1v) is 11.4. The Morgan fingerprint density at radius 1 is 1.16 bits per heavy atom. The molecule has 0 spiro atoms. The summed E-state index contributed by atoms with van der Waals surface area (Å²) in [5.41, 5.74) is 11.2. The molecule has 3 nitrogen and oxygen atoms in total. The van der Waals surface area contributed by atoms with Crippen LogP contribution >= 0.6 is 0 Å². The molecule has 0 saturated carbocycles. The van der Waals surface area contributed by atoms with Gasteiger partial charge in [0.05, 0.1) is 12.7 Å². The van der Waals surface area contributed by atoms with E-state index in [0.29, 0.717) is 12.0 Å². The van der Waals surface area contributed by atoms with Crippen molar-refractivity contribution in [3.05, 3.63) is 88.6 Å². The van der Waals surface area contributed by atoms with E-state index >= 15 is 0 Å². The number of hydrogen-bond donors (Lipinski definition) is 1. The number of hydrogen-bond acceptors (Lipinski definition) is 2. The molecular formula is C28H35N2O+. The fraction of sp³-hybridized carbons (Fsp3) is 0.393. The van der Waals surface area contributed by atoms with Crippen molar-refractivity contribution >= 4 is 0 Å². The highest BCUT2D eigenvalue weighted by Crippen LogP contribution is 2.45. The molecule has 2 unspecified atom stereocenters. The Morgan fingerprint density at radius 2 is 1.94 bits per heavy atom. The molecule has 0 bridgehead atoms. The first-order chi connectivity index (χ1) is 14.8. The van der Waals surface area contributed by atoms with Gasteiger partial charge >= 0.3 is 0 Å². The number of aromatic nitrogens is 1. The molecule has 2 atom stereocenters. The zero-order chi connectivity index (χ0) is 22.3. The minimum absolute atomic E-state index is 0.330. The van der Waals surface area contributed by atoms with E-state index in [-0.39, 0.29) is 0 Å². The van der Waals surface area contributed by atoms with Crippen molar-refractivity contribution in [2.75, 3.05) is 7.05 Å². The van der Waals surface area contributed by atoms with Crippen molar-refractivity contribution in [2.45, 2.75) is 65.3 Å². The molecule has 1 aromatic carbocycles. The van der Waals surface area contributed by atoms with E-state index in [9.17, 15) is 5.11 Å². The largest absolute Gasteiger partial charge is 0.515 e. The quantitative estimate of drug-likeness (QED) is 0.389. The number of likely N-dealkylation sites (N-methyl/N-ethyl adjacent to an activating group) is 1. The molecule has 1 fully saturated rings. The van der Waals surface area contributed by atoms with Gasteiger partial charge in [-0.3, -0.25) is 0 Å². The van der Waals surface area contributed by atoms with Crippen LogP contribution in [0, 0.1) is 20.8 Å². The lowest BCUT2D eigenvalue weighted by molar-refractivity contribution is -0.718. The molecule has 1 saturated heterocycles. The number of rotatable bonds is 0. The Balaban J connectivity index is 1.89. The third-order valence-corrected chi connectivity index (χ3v) is 7.29. The van der Waals surface area contributed by atoms with Gasteiger partial charge < -0.3 is 10.0 Å². The summed E-state index contributed by atoms with van der Waals surface area (Å²) in [6.07, 6.45) is 9.59. The molecule has 2 aromatic rings. The van der Waals surface area contributed by atoms with Gasteiger partial charge in [-0.25, -0.2) is 0 Å². The summed E-state index contributed by atoms with van der Waals surface area (Å²) >= 11 is 0. The molecule has 0 amide bonds. The van der Waals surface area contributed by atoms with Crippen LogP contribution < -0.4 is 4.57 Å². The maximum absolute atomic E-state index is 9.93. The smallest absolute Gasteiger partial charge is 0.213 e. The van der Waals surface area contributed by atoms with Gasteiger partial charge in [-0.2, -0.15) is 4.57 Å². The number of aliphatic hydroxyl groups is 1. The summed E-state index contributed by atoms with van der Waals surface area (Å²) in [7, 11) is 2.07. The van der Waals surface area contributed by atoms with Crippen LogP contribution in [-0.2, 0) is 0 Å². The molecule has 1 aromatic heterocycles. The van der Waals surface area contributed by atoms with Crippen LogP contribution in [0.1, 0.15) is 66.8 Å². The normalized spacial score (nSPS) is 24.0. The van der Waals surface area contributed by atoms with Crippen LogP contribution in [0.25, 0.3) is 11.3 Å². The molecule has 1 N–H and O–H groups in total. The number of nitrogens with zero attached hydrogens (tertiary/aromatic N) is 2. The summed E-state index contributed by atoms with van der Waals surface area (Å²) in [6, 6.07) is 9.62. The molecule has 31 heavy (non-hydrogen) atoms. The number of pyridine rings is 1. The molecule has 3 heteroatoms. The van der Waals surface area contributed by atoms with Crippen molar-refractivity contribution in [1.82, 2.24) is 4.90 Å². The lowest BCUT2D eigenvalue weighted by Crippen LogP contribution is -2.48. The maximum atomic E-state index is 9.93. The van der Waals surface area contributed by atoms with Gasteiger partial charge in [0.1, 0.15) is 0 Å². The minimum Gasteiger partial charge on any atom is -0.515 e. The Morgan fingerprint density at radius 3 is 2.65 bits per heavy atom. The zero-order valence-corrected chi connectivity index (χ0v) is 19.6. The summed E-state index contributed by atoms with van der Waals surface area (Å²) in [6.45, 7) is 13.1. The highest BCUT2D eigenvalue weighted by molar-refractivity contribution is 5.65. The van der Waals surface area contributed by atoms with Gasteiger partial charge in [0.15, 0.2) is 12.2 Å². The number of allylic oxidation sites excluding steroid dienone is 3. The van der Waals surface area contributed by atoms with Crippen LogP contribution in [0.3, 0.4) is 0 Å². The van der Waals surface area contributed by atoms with E-state index < -0.39 is 0 Å². The zero-order valence-electron chi connectivity index (χ0n) is 19.6. The third kappa shape index (κ3) is 3.71. The molecule has 2 aliphatic rings. The van der Waals surface area contributed by atoms with Gasteiger partial charge in [-0.05, 0) is 64.2 Å². The SMILES string of the molecule is C=C1CC2C(CCCC(=C/O)/C(=C/C)N1C)c1cc(C)ccc1-c1cc(C)c(C)c[n+]12. The predicted molar refractivity (Wildman–Crippen MR) is 128 cm³/mol. The molecule has 162 valence electrons. The molecule has 3 heterocycles. The van der Waals surface area contributed by atoms with Gasteiger partial charge in [0, 0.05) is 47.1 Å². The van der Waals surface area contributed by atoms with Crippen molar-refractivity contribution in [3.63, 3.8) is 0 Å². The average molecular weight is 416 g/mol. The highest BCUT2D eigenvalue weighted by atomic mass is 16.2.